The predicted molar refractivity (Wildman–Crippen MR) is 143 cm³/mol. The maximum Gasteiger partial charge on any atom is 0.275 e. The maximum absolute atomic E-state index is 14.6. The number of nitrogens with one attached hydrogen (secondary N) is 2. The van der Waals surface area contributed by atoms with E-state index >= 15 is 0 Å². The van der Waals surface area contributed by atoms with Crippen LogP contribution in [0.2, 0.25) is 0 Å². The molecule has 1 heterocycles. The molecular weight excluding hydrogens is 520 g/mol. The van der Waals surface area contributed by atoms with Crippen molar-refractivity contribution in [1.29, 1.82) is 5.41 Å². The van der Waals surface area contributed by atoms with Gasteiger partial charge in [0.15, 0.2) is 23.2 Å². The fourth-order valence-electron chi connectivity index (χ4n) is 5.80. The van der Waals surface area contributed by atoms with E-state index in [1.54, 1.807) is 12.1 Å². The molecule has 40 heavy (non-hydrogen) atoms. The Labute approximate surface area is 230 Å². The summed E-state index contributed by atoms with van der Waals surface area (Å²) in [5, 5.41) is 16.6. The van der Waals surface area contributed by atoms with E-state index in [0.29, 0.717) is 18.4 Å². The van der Waals surface area contributed by atoms with E-state index in [-0.39, 0.29) is 47.4 Å². The van der Waals surface area contributed by atoms with Crippen molar-refractivity contribution in [3.05, 3.63) is 64.7 Å². The number of halogens is 2. The highest BCUT2D eigenvalue weighted by atomic mass is 19.1. The Morgan fingerprint density at radius 2 is 1.85 bits per heavy atom. The van der Waals surface area contributed by atoms with Crippen molar-refractivity contribution in [3.63, 3.8) is 0 Å². The molecule has 1 spiro atoms. The lowest BCUT2D eigenvalue weighted by atomic mass is 9.86. The monoisotopic (exact) mass is 551 g/mol. The van der Waals surface area contributed by atoms with Crippen molar-refractivity contribution in [2.75, 3.05) is 13.7 Å². The average molecular weight is 552 g/mol. The first kappa shape index (κ1) is 27.4. The minimum atomic E-state index is -0.891. The van der Waals surface area contributed by atoms with Gasteiger partial charge in [-0.15, -0.1) is 5.11 Å². The van der Waals surface area contributed by atoms with E-state index < -0.39 is 23.0 Å². The third kappa shape index (κ3) is 5.17. The zero-order valence-electron chi connectivity index (χ0n) is 22.1. The van der Waals surface area contributed by atoms with Gasteiger partial charge >= 0.3 is 0 Å². The van der Waals surface area contributed by atoms with Crippen LogP contribution in [0.15, 0.2) is 51.7 Å². The van der Waals surface area contributed by atoms with E-state index in [1.807, 2.05) is 17.0 Å². The minimum absolute atomic E-state index is 0.0566. The summed E-state index contributed by atoms with van der Waals surface area (Å²) in [6.45, 7) is -0.122. The molecule has 2 saturated carbocycles. The van der Waals surface area contributed by atoms with Crippen molar-refractivity contribution in [3.8, 4) is 5.75 Å². The topological polar surface area (TPSA) is 146 Å². The quantitative estimate of drug-likeness (QED) is 0.146. The van der Waals surface area contributed by atoms with Crippen molar-refractivity contribution in [2.45, 2.75) is 56.7 Å². The van der Waals surface area contributed by atoms with Crippen LogP contribution in [-0.4, -0.2) is 47.6 Å². The highest BCUT2D eigenvalue weighted by molar-refractivity contribution is 6.46. The lowest BCUT2D eigenvalue weighted by molar-refractivity contribution is -0.133. The molecule has 1 aliphatic heterocycles. The molecule has 3 aliphatic rings. The van der Waals surface area contributed by atoms with E-state index in [2.05, 4.69) is 15.7 Å². The first-order valence-corrected chi connectivity index (χ1v) is 13.3. The Hall–Kier alpha value is -4.22. The number of amidine groups is 1. The number of hydrogen-bond acceptors (Lipinski definition) is 6. The number of hydrogen-bond donors (Lipinski definition) is 3. The highest BCUT2D eigenvalue weighted by Crippen LogP contribution is 2.52. The highest BCUT2D eigenvalue weighted by Gasteiger charge is 2.54. The van der Waals surface area contributed by atoms with Crippen molar-refractivity contribution < 1.29 is 23.1 Å². The minimum Gasteiger partial charge on any atom is -0.491 e. The van der Waals surface area contributed by atoms with Crippen LogP contribution in [0.3, 0.4) is 0 Å². The number of ether oxygens (including phenoxy) is 1. The summed E-state index contributed by atoms with van der Waals surface area (Å²) in [6.07, 6.45) is 6.01. The molecule has 210 valence electrons. The van der Waals surface area contributed by atoms with Gasteiger partial charge in [-0.1, -0.05) is 23.8 Å². The van der Waals surface area contributed by atoms with Crippen LogP contribution in [-0.2, 0) is 4.79 Å². The van der Waals surface area contributed by atoms with Gasteiger partial charge in [0.25, 0.3) is 11.8 Å². The second-order valence-electron chi connectivity index (χ2n) is 10.4. The zero-order valence-corrected chi connectivity index (χ0v) is 22.1. The normalized spacial score (nSPS) is 19.1. The van der Waals surface area contributed by atoms with Gasteiger partial charge in [-0.25, -0.2) is 8.78 Å². The van der Waals surface area contributed by atoms with Crippen LogP contribution in [0, 0.1) is 23.0 Å². The molecule has 2 fully saturated rings. The fraction of sp³-hybridized carbons (Fsp3) is 0.429. The fourth-order valence-corrected chi connectivity index (χ4v) is 5.80. The smallest absolute Gasteiger partial charge is 0.275 e. The summed E-state index contributed by atoms with van der Waals surface area (Å²) in [4.78, 5) is 33.4. The van der Waals surface area contributed by atoms with Gasteiger partial charge in [-0.2, -0.15) is 0 Å². The van der Waals surface area contributed by atoms with Crippen LogP contribution in [0.25, 0.3) is 0 Å². The second-order valence-corrected chi connectivity index (χ2v) is 10.4. The summed E-state index contributed by atoms with van der Waals surface area (Å²) in [5.74, 6) is 1.94. The molecule has 0 saturated heterocycles. The van der Waals surface area contributed by atoms with E-state index in [1.165, 1.54) is 7.11 Å². The molecule has 10 nitrogen and oxygen atoms in total. The van der Waals surface area contributed by atoms with Crippen LogP contribution >= 0.6 is 0 Å². The zero-order chi connectivity index (χ0) is 28.4. The number of nitrogens with two attached hydrogens (primary N) is 1. The maximum atomic E-state index is 14.6. The van der Waals surface area contributed by atoms with Gasteiger partial charge in [-0.3, -0.25) is 20.0 Å². The predicted octanol–water partition coefficient (Wildman–Crippen LogP) is 4.45. The molecule has 0 bridgehead atoms. The van der Waals surface area contributed by atoms with Crippen LogP contribution in [0.5, 0.6) is 5.75 Å². The number of aliphatic imine (C=N–C) groups is 1. The Kier molecular flexibility index (Phi) is 7.59. The van der Waals surface area contributed by atoms with Crippen LogP contribution in [0.1, 0.15) is 72.5 Å². The molecule has 1 unspecified atom stereocenters. The Bertz CT molecular complexity index is 1360. The number of benzene rings is 2. The molecule has 12 heteroatoms. The van der Waals surface area contributed by atoms with Gasteiger partial charge in [0.1, 0.15) is 11.4 Å². The van der Waals surface area contributed by atoms with Gasteiger partial charge in [0, 0.05) is 11.1 Å². The first-order valence-electron chi connectivity index (χ1n) is 13.3. The van der Waals surface area contributed by atoms with Gasteiger partial charge < -0.3 is 20.8 Å². The number of rotatable bonds is 8. The summed E-state index contributed by atoms with van der Waals surface area (Å²) >= 11 is 0. The largest absolute Gasteiger partial charge is 0.491 e. The molecule has 0 aromatic heterocycles. The molecule has 4 N–H and O–H groups in total. The number of carbonyl (C=O) groups is 2. The van der Waals surface area contributed by atoms with E-state index in [0.717, 1.165) is 49.8 Å². The number of methoxy groups -OCH3 is 1. The molecule has 1 atom stereocenters. The summed E-state index contributed by atoms with van der Waals surface area (Å²) < 4.78 is 34.1. The van der Waals surface area contributed by atoms with Crippen molar-refractivity contribution in [1.82, 2.24) is 10.2 Å². The average Bonchev–Trinajstić information content (AvgIpc) is 3.75. The lowest BCUT2D eigenvalue weighted by Gasteiger charge is -2.44. The summed E-state index contributed by atoms with van der Waals surface area (Å²) in [6, 6.07) is 8.93. The molecule has 2 amide bonds. The lowest BCUT2D eigenvalue weighted by Crippen LogP contribution is -2.50. The van der Waals surface area contributed by atoms with Crippen molar-refractivity contribution >= 4 is 23.4 Å². The molecule has 5 rings (SSSR count). The summed E-state index contributed by atoms with van der Waals surface area (Å²) in [7, 11) is 1.19. The SMILES string of the molecule is COc1c(F)cc(C2=NC3(CCCCC3)N(C(c3ccc(C(=O)NCC(=N)/N=N\N)cc3)C3CC3)C2=O)cc1F. The Balaban J connectivity index is 1.46. The van der Waals surface area contributed by atoms with E-state index in [4.69, 9.17) is 21.0 Å². The molecule has 2 aromatic rings. The van der Waals surface area contributed by atoms with Gasteiger partial charge in [0.2, 0.25) is 0 Å². The summed E-state index contributed by atoms with van der Waals surface area (Å²) in [5.41, 5.74) is 0.608. The third-order valence-corrected chi connectivity index (χ3v) is 7.78. The number of nitrogens with zero attached hydrogens (tertiary/aromatic N) is 4. The van der Waals surface area contributed by atoms with Gasteiger partial charge in [0.05, 0.1) is 19.7 Å². The third-order valence-electron chi connectivity index (χ3n) is 7.78. The molecule has 0 radical (unpaired) electrons. The molecule has 2 aromatic carbocycles. The van der Waals surface area contributed by atoms with E-state index in [9.17, 15) is 18.4 Å². The number of carbonyl (C=O) groups excluding carboxylic acids is 2. The Morgan fingerprint density at radius 1 is 1.20 bits per heavy atom. The van der Waals surface area contributed by atoms with Crippen LogP contribution in [0.4, 0.5) is 8.78 Å². The molecule has 2 aliphatic carbocycles. The number of amides is 2. The second kappa shape index (κ2) is 11.1. The standard InChI is InChI=1S/C28H31F2N7O3/c1-40-25-20(29)13-19(14-21(25)30)23-27(39)37(28(34-23)11-3-2-4-12-28)24(16-5-6-16)17-7-9-18(10-8-17)26(38)33-15-22(31)35-36-32/h7-10,13-14,16,24H,2-6,11-12,15H2,1H3,(H,33,38)(H3,31,32,35). The first-order chi connectivity index (χ1) is 19.3. The van der Waals surface area contributed by atoms with Crippen molar-refractivity contribution in [2.24, 2.45) is 27.1 Å². The Morgan fingerprint density at radius 3 is 2.42 bits per heavy atom. The molecular formula is C28H31F2N7O3. The van der Waals surface area contributed by atoms with Crippen LogP contribution < -0.4 is 15.9 Å². The van der Waals surface area contributed by atoms with Gasteiger partial charge in [-0.05, 0) is 74.3 Å².